The molecule has 1 N–H and O–H groups in total. The number of rotatable bonds is 5. The van der Waals surface area contributed by atoms with E-state index in [9.17, 15) is 0 Å². The van der Waals surface area contributed by atoms with Gasteiger partial charge in [0.15, 0.2) is 0 Å². The van der Waals surface area contributed by atoms with Gasteiger partial charge in [0.05, 0.1) is 6.10 Å². The summed E-state index contributed by atoms with van der Waals surface area (Å²) in [7, 11) is 0. The molecule has 1 aliphatic heterocycles. The molecule has 3 heteroatoms. The number of benzene rings is 1. The zero-order chi connectivity index (χ0) is 13.7. The fourth-order valence-corrected chi connectivity index (χ4v) is 2.57. The molecule has 0 radical (unpaired) electrons. The van der Waals surface area contributed by atoms with Crippen molar-refractivity contribution in [1.82, 2.24) is 5.32 Å². The molecule has 19 heavy (non-hydrogen) atoms. The Kier molecular flexibility index (Phi) is 5.08. The third kappa shape index (κ3) is 3.87. The molecule has 2 rings (SSSR count). The molecule has 0 saturated carbocycles. The molecule has 1 fully saturated rings. The summed E-state index contributed by atoms with van der Waals surface area (Å²) in [4.78, 5) is 2.43. The molecular formula is C16H26N2O. The average molecular weight is 262 g/mol. The molecule has 1 aromatic carbocycles. The number of aryl methyl sites for hydroxylation is 1. The minimum absolute atomic E-state index is 0.300. The second kappa shape index (κ2) is 6.80. The van der Waals surface area contributed by atoms with Crippen LogP contribution in [0.2, 0.25) is 0 Å². The van der Waals surface area contributed by atoms with Crippen molar-refractivity contribution in [3.63, 3.8) is 0 Å². The zero-order valence-electron chi connectivity index (χ0n) is 12.4. The van der Waals surface area contributed by atoms with Crippen molar-refractivity contribution in [2.75, 3.05) is 31.1 Å². The van der Waals surface area contributed by atoms with Gasteiger partial charge in [0, 0.05) is 31.9 Å². The minimum atomic E-state index is 0.300. The van der Waals surface area contributed by atoms with Crippen LogP contribution in [0.3, 0.4) is 0 Å². The Morgan fingerprint density at radius 1 is 1.32 bits per heavy atom. The number of hydrogen-bond acceptors (Lipinski definition) is 3. The lowest BCUT2D eigenvalue weighted by Crippen LogP contribution is -2.43. The van der Waals surface area contributed by atoms with Crippen LogP contribution in [-0.2, 0) is 0 Å². The summed E-state index contributed by atoms with van der Waals surface area (Å²) in [6.45, 7) is 10.8. The van der Waals surface area contributed by atoms with Crippen LogP contribution >= 0.6 is 0 Å². The number of ether oxygens (including phenoxy) is 1. The van der Waals surface area contributed by atoms with Crippen molar-refractivity contribution in [2.45, 2.75) is 39.7 Å². The zero-order valence-corrected chi connectivity index (χ0v) is 12.4. The Morgan fingerprint density at radius 2 is 2.05 bits per heavy atom. The molecule has 1 aromatic rings. The molecule has 1 atom stereocenters. The van der Waals surface area contributed by atoms with Gasteiger partial charge in [-0.15, -0.1) is 0 Å². The number of anilines is 1. The monoisotopic (exact) mass is 262 g/mol. The first-order valence-electron chi connectivity index (χ1n) is 7.43. The van der Waals surface area contributed by atoms with E-state index in [2.05, 4.69) is 49.2 Å². The van der Waals surface area contributed by atoms with Crippen molar-refractivity contribution in [3.05, 3.63) is 23.8 Å². The molecular weight excluding hydrogens is 236 g/mol. The van der Waals surface area contributed by atoms with Crippen LogP contribution in [0.1, 0.15) is 32.3 Å². The van der Waals surface area contributed by atoms with Gasteiger partial charge in [0.25, 0.3) is 0 Å². The van der Waals surface area contributed by atoms with Gasteiger partial charge in [-0.05, 0) is 44.0 Å². The third-order valence-corrected chi connectivity index (χ3v) is 3.66. The first-order chi connectivity index (χ1) is 9.20. The van der Waals surface area contributed by atoms with E-state index in [1.807, 2.05) is 0 Å². The van der Waals surface area contributed by atoms with Crippen molar-refractivity contribution in [1.29, 1.82) is 0 Å². The average Bonchev–Trinajstić information content (AvgIpc) is 2.42. The third-order valence-electron chi connectivity index (χ3n) is 3.66. The lowest BCUT2D eigenvalue weighted by atomic mass is 10.1. The summed E-state index contributed by atoms with van der Waals surface area (Å²) >= 11 is 0. The van der Waals surface area contributed by atoms with Crippen LogP contribution in [-0.4, -0.2) is 32.3 Å². The number of piperazine rings is 1. The summed E-state index contributed by atoms with van der Waals surface area (Å²) in [5, 5.41) is 3.38. The van der Waals surface area contributed by atoms with E-state index >= 15 is 0 Å². The summed E-state index contributed by atoms with van der Waals surface area (Å²) in [6, 6.07) is 6.56. The number of nitrogens with one attached hydrogen (secondary N) is 1. The first-order valence-corrected chi connectivity index (χ1v) is 7.43. The molecule has 1 heterocycles. The molecule has 106 valence electrons. The maximum atomic E-state index is 6.00. The Labute approximate surface area is 116 Å². The topological polar surface area (TPSA) is 24.5 Å². The molecule has 0 bridgehead atoms. The van der Waals surface area contributed by atoms with Crippen molar-refractivity contribution in [3.8, 4) is 5.75 Å². The maximum Gasteiger partial charge on any atom is 0.122 e. The van der Waals surface area contributed by atoms with Crippen LogP contribution in [0.15, 0.2) is 18.2 Å². The SMILES string of the molecule is CCCC(C)Oc1ccc(N2CCNCC2)cc1C. The smallest absolute Gasteiger partial charge is 0.122 e. The van der Waals surface area contributed by atoms with Crippen LogP contribution in [0.25, 0.3) is 0 Å². The van der Waals surface area contributed by atoms with Gasteiger partial charge in [-0.1, -0.05) is 13.3 Å². The van der Waals surface area contributed by atoms with Gasteiger partial charge in [0.2, 0.25) is 0 Å². The van der Waals surface area contributed by atoms with Crippen LogP contribution < -0.4 is 15.0 Å². The first kappa shape index (κ1) is 14.2. The molecule has 1 saturated heterocycles. The Hall–Kier alpha value is -1.22. The molecule has 0 aromatic heterocycles. The Morgan fingerprint density at radius 3 is 2.68 bits per heavy atom. The molecule has 1 aliphatic rings. The van der Waals surface area contributed by atoms with Gasteiger partial charge in [-0.2, -0.15) is 0 Å². The highest BCUT2D eigenvalue weighted by molar-refractivity contribution is 5.53. The summed E-state index contributed by atoms with van der Waals surface area (Å²) < 4.78 is 6.00. The van der Waals surface area contributed by atoms with Gasteiger partial charge in [0.1, 0.15) is 5.75 Å². The molecule has 0 amide bonds. The highest BCUT2D eigenvalue weighted by atomic mass is 16.5. The number of hydrogen-bond donors (Lipinski definition) is 1. The predicted octanol–water partition coefficient (Wildman–Crippen LogP) is 2.97. The van der Waals surface area contributed by atoms with E-state index in [0.29, 0.717) is 6.10 Å². The lowest BCUT2D eigenvalue weighted by Gasteiger charge is -2.30. The molecule has 3 nitrogen and oxygen atoms in total. The molecule has 0 aliphatic carbocycles. The standard InChI is InChI=1S/C16H26N2O/c1-4-5-14(3)19-16-7-6-15(12-13(16)2)18-10-8-17-9-11-18/h6-7,12,14,17H,4-5,8-11H2,1-3H3. The highest BCUT2D eigenvalue weighted by Crippen LogP contribution is 2.26. The van der Waals surface area contributed by atoms with Crippen LogP contribution in [0, 0.1) is 6.92 Å². The Bertz CT molecular complexity index is 400. The molecule has 1 unspecified atom stereocenters. The lowest BCUT2D eigenvalue weighted by molar-refractivity contribution is 0.208. The van der Waals surface area contributed by atoms with E-state index in [1.165, 1.54) is 17.7 Å². The quantitative estimate of drug-likeness (QED) is 0.883. The number of nitrogens with zero attached hydrogens (tertiary/aromatic N) is 1. The minimum Gasteiger partial charge on any atom is -0.490 e. The Balaban J connectivity index is 2.03. The normalized spacial score (nSPS) is 17.3. The fourth-order valence-electron chi connectivity index (χ4n) is 2.57. The maximum absolute atomic E-state index is 6.00. The van der Waals surface area contributed by atoms with E-state index in [-0.39, 0.29) is 0 Å². The van der Waals surface area contributed by atoms with E-state index in [4.69, 9.17) is 4.74 Å². The van der Waals surface area contributed by atoms with E-state index in [1.54, 1.807) is 0 Å². The van der Waals surface area contributed by atoms with Gasteiger partial charge >= 0.3 is 0 Å². The summed E-state index contributed by atoms with van der Waals surface area (Å²) in [5.74, 6) is 1.03. The van der Waals surface area contributed by atoms with Crippen molar-refractivity contribution < 1.29 is 4.74 Å². The summed E-state index contributed by atoms with van der Waals surface area (Å²) in [6.07, 6.45) is 2.58. The fraction of sp³-hybridized carbons (Fsp3) is 0.625. The van der Waals surface area contributed by atoms with Crippen LogP contribution in [0.4, 0.5) is 5.69 Å². The van der Waals surface area contributed by atoms with Crippen molar-refractivity contribution in [2.24, 2.45) is 0 Å². The van der Waals surface area contributed by atoms with Gasteiger partial charge in [-0.25, -0.2) is 0 Å². The predicted molar refractivity (Wildman–Crippen MR) is 81.3 cm³/mol. The second-order valence-corrected chi connectivity index (χ2v) is 5.40. The van der Waals surface area contributed by atoms with E-state index < -0.39 is 0 Å². The highest BCUT2D eigenvalue weighted by Gasteiger charge is 2.12. The van der Waals surface area contributed by atoms with E-state index in [0.717, 1.165) is 38.3 Å². The molecule has 0 spiro atoms. The van der Waals surface area contributed by atoms with Crippen molar-refractivity contribution >= 4 is 5.69 Å². The van der Waals surface area contributed by atoms with Gasteiger partial charge in [-0.3, -0.25) is 0 Å². The largest absolute Gasteiger partial charge is 0.490 e. The second-order valence-electron chi connectivity index (χ2n) is 5.40. The summed E-state index contributed by atoms with van der Waals surface area (Å²) in [5.41, 5.74) is 2.55. The van der Waals surface area contributed by atoms with Crippen LogP contribution in [0.5, 0.6) is 5.75 Å². The van der Waals surface area contributed by atoms with Gasteiger partial charge < -0.3 is 15.0 Å².